The summed E-state index contributed by atoms with van der Waals surface area (Å²) in [7, 11) is -2.67. The number of hydrogen-bond donors (Lipinski definition) is 1. The van der Waals surface area contributed by atoms with Gasteiger partial charge in [-0.15, -0.1) is 0 Å². The van der Waals surface area contributed by atoms with Crippen molar-refractivity contribution in [3.05, 3.63) is 62.7 Å². The van der Waals surface area contributed by atoms with E-state index in [1.807, 2.05) is 39.8 Å². The molecule has 33 heavy (non-hydrogen) atoms. The van der Waals surface area contributed by atoms with E-state index in [0.717, 1.165) is 38.9 Å². The monoisotopic (exact) mass is 477 g/mol. The minimum Gasteiger partial charge on any atom is -0.495 e. The maximum absolute atomic E-state index is 13.3. The molecule has 2 atom stereocenters. The highest BCUT2D eigenvalue weighted by molar-refractivity contribution is 7.92. The van der Waals surface area contributed by atoms with Crippen molar-refractivity contribution < 1.29 is 22.9 Å². The van der Waals surface area contributed by atoms with E-state index in [4.69, 9.17) is 4.74 Å². The molecular weight excluding hydrogens is 446 g/mol. The minimum absolute atomic E-state index is 0.0637. The number of carbonyl (C=O) groups excluding carboxylic acids is 1. The summed E-state index contributed by atoms with van der Waals surface area (Å²) in [6.45, 7) is 9.47. The van der Waals surface area contributed by atoms with Gasteiger partial charge >= 0.3 is 0 Å². The molecule has 0 aliphatic rings. The Morgan fingerprint density at radius 2 is 1.76 bits per heavy atom. The Morgan fingerprint density at radius 3 is 2.27 bits per heavy atom. The van der Waals surface area contributed by atoms with Crippen LogP contribution in [0.25, 0.3) is 0 Å². The molecule has 0 radical (unpaired) electrons. The third kappa shape index (κ3) is 5.81. The van der Waals surface area contributed by atoms with E-state index in [-0.39, 0.29) is 29.6 Å². The number of benzene rings is 2. The highest BCUT2D eigenvalue weighted by Crippen LogP contribution is 2.36. The van der Waals surface area contributed by atoms with Crippen LogP contribution >= 0.6 is 0 Å². The van der Waals surface area contributed by atoms with Crippen LogP contribution in [0.3, 0.4) is 0 Å². The highest BCUT2D eigenvalue weighted by Gasteiger charge is 2.35. The number of rotatable bonds is 9. The number of sulfonamides is 1. The van der Waals surface area contributed by atoms with E-state index in [2.05, 4.69) is 5.32 Å². The van der Waals surface area contributed by atoms with E-state index >= 15 is 0 Å². The molecule has 0 spiro atoms. The van der Waals surface area contributed by atoms with Crippen LogP contribution < -0.4 is 14.4 Å². The Labute approximate surface area is 195 Å². The first-order chi connectivity index (χ1) is 15.3. The van der Waals surface area contributed by atoms with Crippen LogP contribution in [0.2, 0.25) is 0 Å². The van der Waals surface area contributed by atoms with Gasteiger partial charge in [-0.25, -0.2) is 8.42 Å². The number of nitro benzene ring substituents is 1. The predicted molar refractivity (Wildman–Crippen MR) is 128 cm³/mol. The fourth-order valence-corrected chi connectivity index (χ4v) is 5.04. The van der Waals surface area contributed by atoms with Crippen molar-refractivity contribution in [1.82, 2.24) is 5.32 Å². The lowest BCUT2D eigenvalue weighted by Crippen LogP contribution is -2.50. The number of methoxy groups -OCH3 is 1. The molecule has 0 fully saturated rings. The quantitative estimate of drug-likeness (QED) is 0.431. The summed E-state index contributed by atoms with van der Waals surface area (Å²) in [6, 6.07) is 6.18. The van der Waals surface area contributed by atoms with Gasteiger partial charge in [0, 0.05) is 12.1 Å². The van der Waals surface area contributed by atoms with Crippen LogP contribution in [0.5, 0.6) is 5.75 Å². The molecule has 1 N–H and O–H groups in total. The van der Waals surface area contributed by atoms with Crippen LogP contribution in [0, 0.1) is 30.9 Å². The van der Waals surface area contributed by atoms with Gasteiger partial charge in [0.1, 0.15) is 17.5 Å². The summed E-state index contributed by atoms with van der Waals surface area (Å²) >= 11 is 0. The smallest absolute Gasteiger partial charge is 0.271 e. The number of aryl methyl sites for hydroxylation is 3. The molecule has 2 rings (SSSR count). The third-order valence-electron chi connectivity index (χ3n) is 5.65. The zero-order valence-corrected chi connectivity index (χ0v) is 20.8. The molecule has 9 nitrogen and oxygen atoms in total. The van der Waals surface area contributed by atoms with E-state index in [1.165, 1.54) is 19.2 Å². The standard InChI is InChI=1S/C23H31N3O6S/c1-8-20(23(27)24-17(5)19-12-15(3)14(2)11-16(19)4)25(33(7,30)31)21-13-18(26(28)29)9-10-22(21)32-6/h9-13,17,20H,8H2,1-7H3,(H,24,27)/t17-,20+/m0/s1. The first-order valence-electron chi connectivity index (χ1n) is 10.5. The molecule has 0 heterocycles. The van der Waals surface area contributed by atoms with Gasteiger partial charge in [-0.05, 0) is 62.4 Å². The average molecular weight is 478 g/mol. The van der Waals surface area contributed by atoms with Crippen LogP contribution in [-0.4, -0.2) is 38.7 Å². The average Bonchev–Trinajstić information content (AvgIpc) is 2.72. The Kier molecular flexibility index (Phi) is 8.07. The van der Waals surface area contributed by atoms with Crippen molar-refractivity contribution >= 4 is 27.3 Å². The van der Waals surface area contributed by atoms with Crippen molar-refractivity contribution in [2.45, 2.75) is 53.1 Å². The number of anilines is 1. The van der Waals surface area contributed by atoms with Crippen LogP contribution in [0.1, 0.15) is 48.6 Å². The second-order valence-corrected chi connectivity index (χ2v) is 9.98. The molecule has 1 amide bonds. The Hall–Kier alpha value is -3.14. The topological polar surface area (TPSA) is 119 Å². The fraction of sp³-hybridized carbons (Fsp3) is 0.435. The van der Waals surface area contributed by atoms with Gasteiger partial charge in [-0.3, -0.25) is 19.2 Å². The Balaban J connectivity index is 2.50. The summed E-state index contributed by atoms with van der Waals surface area (Å²) in [6.07, 6.45) is 1.10. The lowest BCUT2D eigenvalue weighted by Gasteiger charge is -2.32. The number of carbonyl (C=O) groups is 1. The first-order valence-corrected chi connectivity index (χ1v) is 12.4. The van der Waals surface area contributed by atoms with Gasteiger partial charge in [-0.1, -0.05) is 19.1 Å². The molecule has 2 aromatic rings. The van der Waals surface area contributed by atoms with Gasteiger partial charge in [0.15, 0.2) is 0 Å². The molecule has 0 saturated carbocycles. The van der Waals surface area contributed by atoms with Crippen molar-refractivity contribution in [2.75, 3.05) is 17.7 Å². The maximum atomic E-state index is 13.3. The molecule has 0 unspecified atom stereocenters. The lowest BCUT2D eigenvalue weighted by atomic mass is 9.96. The third-order valence-corrected chi connectivity index (χ3v) is 6.81. The summed E-state index contributed by atoms with van der Waals surface area (Å²) in [5.41, 5.74) is 3.80. The van der Waals surface area contributed by atoms with Crippen molar-refractivity contribution in [2.24, 2.45) is 0 Å². The first kappa shape index (κ1) is 26.1. The number of nitrogens with zero attached hydrogens (tertiary/aromatic N) is 2. The van der Waals surface area contributed by atoms with Crippen LogP contribution in [0.4, 0.5) is 11.4 Å². The fourth-order valence-electron chi connectivity index (χ4n) is 3.84. The molecule has 10 heteroatoms. The normalized spacial score (nSPS) is 13.2. The number of nitro groups is 1. The van der Waals surface area contributed by atoms with Gasteiger partial charge in [-0.2, -0.15) is 0 Å². The summed E-state index contributed by atoms with van der Waals surface area (Å²) in [4.78, 5) is 24.0. The van der Waals surface area contributed by atoms with E-state index in [9.17, 15) is 23.3 Å². The number of amides is 1. The van der Waals surface area contributed by atoms with Gasteiger partial charge in [0.25, 0.3) is 5.69 Å². The Bertz CT molecular complexity index is 1160. The Morgan fingerprint density at radius 1 is 1.15 bits per heavy atom. The molecule has 0 aliphatic heterocycles. The maximum Gasteiger partial charge on any atom is 0.271 e. The van der Waals surface area contributed by atoms with E-state index in [1.54, 1.807) is 6.92 Å². The molecule has 2 aromatic carbocycles. The minimum atomic E-state index is -4.00. The predicted octanol–water partition coefficient (Wildman–Crippen LogP) is 3.95. The SMILES string of the molecule is CC[C@H](C(=O)N[C@@H](C)c1cc(C)c(C)cc1C)N(c1cc([N+](=O)[O-])ccc1OC)S(C)(=O)=O. The number of hydrogen-bond acceptors (Lipinski definition) is 6. The van der Waals surface area contributed by atoms with Crippen LogP contribution in [0.15, 0.2) is 30.3 Å². The number of non-ortho nitro benzene ring substituents is 1. The molecule has 0 aromatic heterocycles. The van der Waals surface area contributed by atoms with Crippen molar-refractivity contribution in [3.63, 3.8) is 0 Å². The zero-order valence-electron chi connectivity index (χ0n) is 20.0. The van der Waals surface area contributed by atoms with E-state index < -0.39 is 26.9 Å². The van der Waals surface area contributed by atoms with Crippen LogP contribution in [-0.2, 0) is 14.8 Å². The molecule has 0 saturated heterocycles. The second-order valence-electron chi connectivity index (χ2n) is 8.12. The molecule has 180 valence electrons. The van der Waals surface area contributed by atoms with Gasteiger partial charge < -0.3 is 10.1 Å². The summed E-state index contributed by atoms with van der Waals surface area (Å²) in [5, 5.41) is 14.2. The highest BCUT2D eigenvalue weighted by atomic mass is 32.2. The summed E-state index contributed by atoms with van der Waals surface area (Å²) in [5.74, 6) is -0.406. The number of nitrogens with one attached hydrogen (secondary N) is 1. The second kappa shape index (κ2) is 10.2. The largest absolute Gasteiger partial charge is 0.495 e. The molecular formula is C23H31N3O6S. The van der Waals surface area contributed by atoms with E-state index in [0.29, 0.717) is 0 Å². The molecule has 0 aliphatic carbocycles. The molecule has 0 bridgehead atoms. The van der Waals surface area contributed by atoms with Crippen molar-refractivity contribution in [3.8, 4) is 5.75 Å². The van der Waals surface area contributed by atoms with Gasteiger partial charge in [0.05, 0.1) is 24.3 Å². The van der Waals surface area contributed by atoms with Crippen molar-refractivity contribution in [1.29, 1.82) is 0 Å². The van der Waals surface area contributed by atoms with Gasteiger partial charge in [0.2, 0.25) is 15.9 Å². The summed E-state index contributed by atoms with van der Waals surface area (Å²) < 4.78 is 31.8. The zero-order chi connectivity index (χ0) is 25.1. The lowest BCUT2D eigenvalue weighted by molar-refractivity contribution is -0.384. The number of ether oxygens (including phenoxy) is 1.